The molecule has 0 radical (unpaired) electrons. The first-order chi connectivity index (χ1) is 14.6. The fraction of sp³-hybridized carbons (Fsp3) is 0.667. The highest BCUT2D eigenvalue weighted by Gasteiger charge is 2.32. The molecule has 178 valence electrons. The molecule has 0 aliphatic rings. The first-order valence-electron chi connectivity index (χ1n) is 10.9. The monoisotopic (exact) mass is 476 g/mol. The molecule has 0 aromatic heterocycles. The molecule has 0 aliphatic carbocycles. The summed E-state index contributed by atoms with van der Waals surface area (Å²) in [6, 6.07) is 3.63. The predicted molar refractivity (Wildman–Crippen MR) is 121 cm³/mol. The number of esters is 1. The molecule has 0 amide bonds. The minimum absolute atomic E-state index is 0.0762. The molecular formula is C21H36N2O6S2. The number of hydrogen-bond acceptors (Lipinski definition) is 6. The fourth-order valence-corrected chi connectivity index (χ4v) is 6.80. The Labute approximate surface area is 187 Å². The topological polar surface area (TPSA) is 101 Å². The van der Waals surface area contributed by atoms with Gasteiger partial charge in [0.05, 0.1) is 22.0 Å². The number of carbonyl (C=O) groups is 1. The van der Waals surface area contributed by atoms with Crippen LogP contribution in [0.15, 0.2) is 28.0 Å². The van der Waals surface area contributed by atoms with Gasteiger partial charge < -0.3 is 4.74 Å². The Balaban J connectivity index is 3.71. The van der Waals surface area contributed by atoms with Crippen LogP contribution in [0, 0.1) is 0 Å². The number of sulfonamides is 2. The number of nitrogens with zero attached hydrogens (tertiary/aromatic N) is 2. The zero-order chi connectivity index (χ0) is 23.7. The van der Waals surface area contributed by atoms with E-state index >= 15 is 0 Å². The maximum atomic E-state index is 13.5. The minimum Gasteiger partial charge on any atom is -0.462 e. The van der Waals surface area contributed by atoms with Crippen LogP contribution in [0.5, 0.6) is 0 Å². The average Bonchev–Trinajstić information content (AvgIpc) is 2.73. The number of hydrogen-bond donors (Lipinski definition) is 0. The number of ether oxygens (including phenoxy) is 1. The van der Waals surface area contributed by atoms with Gasteiger partial charge in [0.1, 0.15) is 0 Å². The van der Waals surface area contributed by atoms with Crippen LogP contribution in [-0.2, 0) is 24.8 Å². The van der Waals surface area contributed by atoms with Gasteiger partial charge in [0, 0.05) is 26.2 Å². The lowest BCUT2D eigenvalue weighted by Gasteiger charge is -2.24. The van der Waals surface area contributed by atoms with Crippen molar-refractivity contribution in [2.45, 2.75) is 70.1 Å². The molecule has 0 atom stereocenters. The summed E-state index contributed by atoms with van der Waals surface area (Å²) in [5, 5.41) is 0. The molecule has 0 heterocycles. The van der Waals surface area contributed by atoms with Crippen molar-refractivity contribution < 1.29 is 26.4 Å². The molecule has 0 saturated heterocycles. The van der Waals surface area contributed by atoms with E-state index in [4.69, 9.17) is 4.74 Å². The molecule has 1 rings (SSSR count). The molecule has 0 spiro atoms. The highest BCUT2D eigenvalue weighted by atomic mass is 32.2. The van der Waals surface area contributed by atoms with Crippen molar-refractivity contribution in [1.29, 1.82) is 0 Å². The van der Waals surface area contributed by atoms with Gasteiger partial charge in [-0.1, -0.05) is 27.7 Å². The molecule has 0 aliphatic heterocycles. The Morgan fingerprint density at radius 3 is 1.65 bits per heavy atom. The van der Waals surface area contributed by atoms with Crippen LogP contribution < -0.4 is 0 Å². The number of rotatable bonds is 14. The largest absolute Gasteiger partial charge is 0.462 e. The zero-order valence-corrected chi connectivity index (χ0v) is 20.9. The van der Waals surface area contributed by atoms with Crippen LogP contribution >= 0.6 is 0 Å². The van der Waals surface area contributed by atoms with Crippen LogP contribution in [-0.4, -0.2) is 64.2 Å². The lowest BCUT2D eigenvalue weighted by atomic mass is 10.2. The maximum absolute atomic E-state index is 13.5. The van der Waals surface area contributed by atoms with Crippen LogP contribution in [0.1, 0.15) is 70.7 Å². The van der Waals surface area contributed by atoms with Crippen LogP contribution in [0.25, 0.3) is 0 Å². The van der Waals surface area contributed by atoms with Crippen LogP contribution in [0.2, 0.25) is 0 Å². The van der Waals surface area contributed by atoms with Crippen molar-refractivity contribution >= 4 is 26.0 Å². The van der Waals surface area contributed by atoms with E-state index in [0.29, 0.717) is 38.8 Å². The van der Waals surface area contributed by atoms with Gasteiger partial charge in [0.2, 0.25) is 20.0 Å². The molecule has 0 fully saturated rings. The van der Waals surface area contributed by atoms with E-state index in [1.54, 1.807) is 6.92 Å². The van der Waals surface area contributed by atoms with Crippen molar-refractivity contribution in [3.8, 4) is 0 Å². The molecule has 0 saturated carbocycles. The summed E-state index contributed by atoms with van der Waals surface area (Å²) in [5.74, 6) is -0.794. The molecule has 10 heteroatoms. The third-order valence-electron chi connectivity index (χ3n) is 4.60. The predicted octanol–water partition coefficient (Wildman–Crippen LogP) is 3.48. The van der Waals surface area contributed by atoms with Gasteiger partial charge in [-0.25, -0.2) is 21.6 Å². The lowest BCUT2D eigenvalue weighted by molar-refractivity contribution is 0.0521. The van der Waals surface area contributed by atoms with Crippen LogP contribution in [0.3, 0.4) is 0 Å². The molecule has 31 heavy (non-hydrogen) atoms. The van der Waals surface area contributed by atoms with Crippen molar-refractivity contribution in [3.63, 3.8) is 0 Å². The molecule has 8 nitrogen and oxygen atoms in total. The second-order valence-corrected chi connectivity index (χ2v) is 11.0. The van der Waals surface area contributed by atoms with Gasteiger partial charge >= 0.3 is 5.97 Å². The molecule has 1 aromatic rings. The summed E-state index contributed by atoms with van der Waals surface area (Å²) in [4.78, 5) is 12.0. The Kier molecular flexibility index (Phi) is 11.1. The van der Waals surface area contributed by atoms with E-state index < -0.39 is 26.0 Å². The summed E-state index contributed by atoms with van der Waals surface area (Å²) >= 11 is 0. The molecule has 0 bridgehead atoms. The fourth-order valence-electron chi connectivity index (χ4n) is 3.24. The lowest BCUT2D eigenvalue weighted by Crippen LogP contribution is -2.35. The van der Waals surface area contributed by atoms with Gasteiger partial charge in [-0.3, -0.25) is 0 Å². The third kappa shape index (κ3) is 6.74. The SMILES string of the molecule is CCCN(CCC)S(=O)(=O)c1ccc(C(=O)OCC)c(S(=O)(=O)N(CCC)CCC)c1. The Bertz CT molecular complexity index is 917. The van der Waals surface area contributed by atoms with E-state index in [0.717, 1.165) is 6.07 Å². The van der Waals surface area contributed by atoms with Gasteiger partial charge in [0.15, 0.2) is 0 Å². The Morgan fingerprint density at radius 2 is 1.23 bits per heavy atom. The highest BCUT2D eigenvalue weighted by molar-refractivity contribution is 7.90. The molecule has 0 unspecified atom stereocenters. The third-order valence-corrected chi connectivity index (χ3v) is 8.43. The normalized spacial score (nSPS) is 12.5. The number of carbonyl (C=O) groups excluding carboxylic acids is 1. The summed E-state index contributed by atoms with van der Waals surface area (Å²) in [6.07, 6.45) is 2.44. The van der Waals surface area contributed by atoms with Gasteiger partial charge in [0.25, 0.3) is 0 Å². The van der Waals surface area contributed by atoms with Gasteiger partial charge in [-0.15, -0.1) is 0 Å². The van der Waals surface area contributed by atoms with Crippen molar-refractivity contribution in [2.75, 3.05) is 32.8 Å². The summed E-state index contributed by atoms with van der Waals surface area (Å²) in [7, 11) is -8.02. The Hall–Kier alpha value is -1.49. The summed E-state index contributed by atoms with van der Waals surface area (Å²) < 4.78 is 61.0. The summed E-state index contributed by atoms with van der Waals surface area (Å²) in [5.41, 5.74) is -0.157. The van der Waals surface area contributed by atoms with E-state index in [1.807, 2.05) is 27.7 Å². The zero-order valence-electron chi connectivity index (χ0n) is 19.3. The van der Waals surface area contributed by atoms with E-state index in [-0.39, 0.29) is 35.1 Å². The minimum atomic E-state index is -4.10. The van der Waals surface area contributed by atoms with Gasteiger partial charge in [-0.05, 0) is 50.8 Å². The second-order valence-electron chi connectivity index (χ2n) is 7.19. The van der Waals surface area contributed by atoms with Crippen molar-refractivity contribution in [3.05, 3.63) is 23.8 Å². The van der Waals surface area contributed by atoms with Gasteiger partial charge in [-0.2, -0.15) is 8.61 Å². The van der Waals surface area contributed by atoms with Crippen LogP contribution in [0.4, 0.5) is 0 Å². The molecule has 1 aromatic carbocycles. The molecule has 0 N–H and O–H groups in total. The standard InChI is InChI=1S/C21H36N2O6S2/c1-6-13-22(14-7-2)30(25,26)18-11-12-19(21(24)29-10-5)20(17-18)31(27,28)23(15-8-3)16-9-4/h11-12,17H,6-10,13-16H2,1-5H3. The second kappa shape index (κ2) is 12.5. The molecular weight excluding hydrogens is 440 g/mol. The number of benzene rings is 1. The van der Waals surface area contributed by atoms with E-state index in [1.165, 1.54) is 20.7 Å². The Morgan fingerprint density at radius 1 is 0.774 bits per heavy atom. The first-order valence-corrected chi connectivity index (χ1v) is 13.8. The quantitative estimate of drug-likeness (QED) is 0.381. The highest BCUT2D eigenvalue weighted by Crippen LogP contribution is 2.27. The van der Waals surface area contributed by atoms with E-state index in [9.17, 15) is 21.6 Å². The average molecular weight is 477 g/mol. The first kappa shape index (κ1) is 27.5. The van der Waals surface area contributed by atoms with E-state index in [2.05, 4.69) is 0 Å². The summed E-state index contributed by atoms with van der Waals surface area (Å²) in [6.45, 7) is 10.4. The smallest absolute Gasteiger partial charge is 0.339 e. The van der Waals surface area contributed by atoms with Crippen molar-refractivity contribution in [1.82, 2.24) is 8.61 Å². The van der Waals surface area contributed by atoms with Crippen molar-refractivity contribution in [2.24, 2.45) is 0 Å². The maximum Gasteiger partial charge on any atom is 0.339 e.